The van der Waals surface area contributed by atoms with E-state index in [9.17, 15) is 19.3 Å². The molecule has 1 aromatic rings. The Morgan fingerprint density at radius 3 is 2.65 bits per heavy atom. The van der Waals surface area contributed by atoms with E-state index in [0.717, 1.165) is 12.1 Å². The van der Waals surface area contributed by atoms with Crippen LogP contribution in [0.2, 0.25) is 5.02 Å². The second kappa shape index (κ2) is 5.23. The molecule has 0 saturated heterocycles. The van der Waals surface area contributed by atoms with E-state index in [2.05, 4.69) is 0 Å². The molecule has 0 aromatic heterocycles. The largest absolute Gasteiger partial charge is 0.299 e. The third kappa shape index (κ3) is 2.79. The van der Waals surface area contributed by atoms with Crippen molar-refractivity contribution < 1.29 is 14.1 Å². The van der Waals surface area contributed by atoms with Crippen molar-refractivity contribution in [3.63, 3.8) is 0 Å². The third-order valence-corrected chi connectivity index (χ3v) is 2.85. The smallest absolute Gasteiger partial charge is 0.275 e. The number of nitro groups is 1. The highest BCUT2D eigenvalue weighted by molar-refractivity contribution is 6.31. The number of nitrogens with zero attached hydrogens (tertiary/aromatic N) is 1. The first-order valence-corrected chi connectivity index (χ1v) is 5.42. The van der Waals surface area contributed by atoms with Gasteiger partial charge in [0.1, 0.15) is 11.6 Å². The predicted molar refractivity (Wildman–Crippen MR) is 61.8 cm³/mol. The van der Waals surface area contributed by atoms with Crippen LogP contribution < -0.4 is 0 Å². The first kappa shape index (κ1) is 13.6. The van der Waals surface area contributed by atoms with Gasteiger partial charge in [-0.15, -0.1) is 0 Å². The van der Waals surface area contributed by atoms with Crippen molar-refractivity contribution in [2.24, 2.45) is 0 Å². The molecule has 0 spiro atoms. The first-order valence-electron chi connectivity index (χ1n) is 5.04. The highest BCUT2D eigenvalue weighted by Gasteiger charge is 2.25. The van der Waals surface area contributed by atoms with Crippen LogP contribution in [0, 0.1) is 15.9 Å². The van der Waals surface area contributed by atoms with E-state index in [4.69, 9.17) is 11.6 Å². The minimum absolute atomic E-state index is 0.0590. The van der Waals surface area contributed by atoms with Gasteiger partial charge in [0.05, 0.1) is 9.95 Å². The summed E-state index contributed by atoms with van der Waals surface area (Å²) in [7, 11) is 0. The van der Waals surface area contributed by atoms with Gasteiger partial charge in [0.2, 0.25) is 0 Å². The number of nitro benzene ring substituents is 1. The molecule has 0 saturated carbocycles. The zero-order valence-corrected chi connectivity index (χ0v) is 10.1. The van der Waals surface area contributed by atoms with E-state index in [0.29, 0.717) is 0 Å². The van der Waals surface area contributed by atoms with Crippen LogP contribution >= 0.6 is 11.6 Å². The second-order valence-corrected chi connectivity index (χ2v) is 4.03. The quantitative estimate of drug-likeness (QED) is 0.614. The maximum absolute atomic E-state index is 13.3. The van der Waals surface area contributed by atoms with Gasteiger partial charge < -0.3 is 0 Å². The van der Waals surface area contributed by atoms with Gasteiger partial charge in [-0.3, -0.25) is 14.9 Å². The third-order valence-electron chi connectivity index (χ3n) is 2.56. The van der Waals surface area contributed by atoms with Crippen LogP contribution in [0.3, 0.4) is 0 Å². The van der Waals surface area contributed by atoms with E-state index < -0.39 is 16.7 Å². The van der Waals surface area contributed by atoms with Gasteiger partial charge >= 0.3 is 0 Å². The summed E-state index contributed by atoms with van der Waals surface area (Å²) in [5, 5.41) is 10.5. The van der Waals surface area contributed by atoms with Crippen LogP contribution in [0.15, 0.2) is 12.1 Å². The molecule has 0 aliphatic heterocycles. The minimum Gasteiger partial charge on any atom is -0.299 e. The van der Waals surface area contributed by atoms with E-state index in [1.54, 1.807) is 6.92 Å². The van der Waals surface area contributed by atoms with Gasteiger partial charge in [-0.2, -0.15) is 0 Å². The number of carbonyl (C=O) groups excluding carboxylic acids is 1. The average molecular weight is 260 g/mol. The number of hydrogen-bond donors (Lipinski definition) is 0. The molecule has 1 rings (SSSR count). The number of carbonyl (C=O) groups is 1. The number of benzene rings is 1. The number of halogens is 2. The lowest BCUT2D eigenvalue weighted by molar-refractivity contribution is -0.385. The summed E-state index contributed by atoms with van der Waals surface area (Å²) in [6, 6.07) is 1.89. The van der Waals surface area contributed by atoms with Crippen LogP contribution in [0.25, 0.3) is 0 Å². The molecule has 0 bridgehead atoms. The molecule has 0 fully saturated rings. The highest BCUT2D eigenvalue weighted by Crippen LogP contribution is 2.32. The Labute approximate surface area is 103 Å². The lowest BCUT2D eigenvalue weighted by Gasteiger charge is -2.10. The lowest BCUT2D eigenvalue weighted by atomic mass is 9.94. The topological polar surface area (TPSA) is 60.2 Å². The normalized spacial score (nSPS) is 12.2. The molecule has 0 amide bonds. The van der Waals surface area contributed by atoms with Crippen LogP contribution in [0.1, 0.15) is 31.7 Å². The van der Waals surface area contributed by atoms with Crippen molar-refractivity contribution in [3.8, 4) is 0 Å². The average Bonchev–Trinajstić information content (AvgIpc) is 2.29. The van der Waals surface area contributed by atoms with Gasteiger partial charge in [0.25, 0.3) is 5.69 Å². The van der Waals surface area contributed by atoms with E-state index in [-0.39, 0.29) is 28.5 Å². The summed E-state index contributed by atoms with van der Waals surface area (Å²) in [6.07, 6.45) is 0.239. The van der Waals surface area contributed by atoms with Gasteiger partial charge in [-0.25, -0.2) is 4.39 Å². The Balaban J connectivity index is 3.35. The molecule has 17 heavy (non-hydrogen) atoms. The predicted octanol–water partition coefficient (Wildman–Crippen LogP) is 3.47. The number of hydrogen-bond acceptors (Lipinski definition) is 3. The number of Topliss-reactive ketones (excluding diaryl/α,β-unsaturated/α-hetero) is 1. The zero-order chi connectivity index (χ0) is 13.2. The molecule has 0 aliphatic carbocycles. The molecule has 0 radical (unpaired) electrons. The van der Waals surface area contributed by atoms with Crippen molar-refractivity contribution in [1.29, 1.82) is 0 Å². The van der Waals surface area contributed by atoms with Crippen molar-refractivity contribution in [1.82, 2.24) is 0 Å². The van der Waals surface area contributed by atoms with E-state index >= 15 is 0 Å². The number of ketones is 1. The van der Waals surface area contributed by atoms with Crippen LogP contribution in [-0.4, -0.2) is 10.7 Å². The van der Waals surface area contributed by atoms with E-state index in [1.165, 1.54) is 6.92 Å². The monoisotopic (exact) mass is 259 g/mol. The van der Waals surface area contributed by atoms with Crippen molar-refractivity contribution >= 4 is 23.1 Å². The Kier molecular flexibility index (Phi) is 4.17. The second-order valence-electron chi connectivity index (χ2n) is 3.62. The van der Waals surface area contributed by atoms with Crippen LogP contribution in [-0.2, 0) is 4.79 Å². The van der Waals surface area contributed by atoms with Crippen LogP contribution in [0.4, 0.5) is 10.1 Å². The SMILES string of the molecule is CCC(=O)C(C)c1cc(F)c(Cl)cc1[N+](=O)[O-]. The Morgan fingerprint density at radius 2 is 2.18 bits per heavy atom. The molecule has 0 heterocycles. The van der Waals surface area contributed by atoms with Gasteiger partial charge in [-0.1, -0.05) is 25.4 Å². The van der Waals surface area contributed by atoms with Gasteiger partial charge in [0.15, 0.2) is 0 Å². The molecule has 4 nitrogen and oxygen atoms in total. The molecule has 0 N–H and O–H groups in total. The Hall–Kier alpha value is -1.49. The van der Waals surface area contributed by atoms with Gasteiger partial charge in [-0.05, 0) is 6.07 Å². The molecule has 1 aromatic carbocycles. The summed E-state index contributed by atoms with van der Waals surface area (Å²) < 4.78 is 13.3. The van der Waals surface area contributed by atoms with E-state index in [1.807, 2.05) is 0 Å². The molecule has 1 atom stereocenters. The summed E-state index contributed by atoms with van der Waals surface area (Å²) in [5.41, 5.74) is -0.269. The lowest BCUT2D eigenvalue weighted by Crippen LogP contribution is -2.10. The molecule has 1 unspecified atom stereocenters. The van der Waals surface area contributed by atoms with Crippen molar-refractivity contribution in [2.45, 2.75) is 26.2 Å². The molecule has 6 heteroatoms. The fraction of sp³-hybridized carbons (Fsp3) is 0.364. The van der Waals surface area contributed by atoms with Crippen molar-refractivity contribution in [3.05, 3.63) is 38.7 Å². The fourth-order valence-electron chi connectivity index (χ4n) is 1.54. The summed E-state index contributed by atoms with van der Waals surface area (Å²) in [4.78, 5) is 21.7. The number of rotatable bonds is 4. The standard InChI is InChI=1S/C11H11ClFNO3/c1-3-11(15)6(2)7-4-9(13)8(12)5-10(7)14(16)17/h4-6H,3H2,1-2H3. The molecular weight excluding hydrogens is 249 g/mol. The highest BCUT2D eigenvalue weighted by atomic mass is 35.5. The molecule has 92 valence electrons. The Morgan fingerprint density at radius 1 is 1.59 bits per heavy atom. The van der Waals surface area contributed by atoms with Crippen molar-refractivity contribution in [2.75, 3.05) is 0 Å². The maximum Gasteiger partial charge on any atom is 0.275 e. The summed E-state index contributed by atoms with van der Waals surface area (Å²) >= 11 is 5.48. The maximum atomic E-state index is 13.3. The summed E-state index contributed by atoms with van der Waals surface area (Å²) in [6.45, 7) is 3.17. The first-order chi connectivity index (χ1) is 7.88. The fourth-order valence-corrected chi connectivity index (χ4v) is 1.69. The van der Waals surface area contributed by atoms with Gasteiger partial charge in [0, 0.05) is 24.0 Å². The van der Waals surface area contributed by atoms with Crippen LogP contribution in [0.5, 0.6) is 0 Å². The molecule has 0 aliphatic rings. The molecular formula is C11H11ClFNO3. The Bertz CT molecular complexity index is 476. The zero-order valence-electron chi connectivity index (χ0n) is 9.37. The summed E-state index contributed by atoms with van der Waals surface area (Å²) in [5.74, 6) is -1.66. The minimum atomic E-state index is -0.761.